The Morgan fingerprint density at radius 3 is 2.92 bits per heavy atom. The zero-order valence-electron chi connectivity index (χ0n) is 7.82. The molecule has 0 radical (unpaired) electrons. The first-order valence-electron chi connectivity index (χ1n) is 4.25. The summed E-state index contributed by atoms with van der Waals surface area (Å²) < 4.78 is 4.39. The van der Waals surface area contributed by atoms with Gasteiger partial charge in [-0.15, -0.1) is 0 Å². The Balaban J connectivity index is 2.86. The van der Waals surface area contributed by atoms with Crippen molar-refractivity contribution in [2.24, 2.45) is 0 Å². The number of esters is 1. The first-order chi connectivity index (χ1) is 6.25. The maximum atomic E-state index is 11.6. The van der Waals surface area contributed by atoms with Gasteiger partial charge in [-0.2, -0.15) is 0 Å². The van der Waals surface area contributed by atoms with Gasteiger partial charge in [0.2, 0.25) is 11.4 Å². The molecule has 3 heteroatoms. The Kier molecular flexibility index (Phi) is 3.37. The minimum Gasteiger partial charge on any atom is -0.461 e. The van der Waals surface area contributed by atoms with Crippen LogP contribution in [0.2, 0.25) is 0 Å². The van der Waals surface area contributed by atoms with E-state index in [-0.39, 0.29) is 5.97 Å². The van der Waals surface area contributed by atoms with Crippen molar-refractivity contribution in [3.8, 4) is 0 Å². The molecule has 0 saturated carbocycles. The van der Waals surface area contributed by atoms with Crippen LogP contribution >= 0.6 is 0 Å². The molecule has 70 valence electrons. The normalized spacial score (nSPS) is 25.7. The van der Waals surface area contributed by atoms with Gasteiger partial charge in [-0.1, -0.05) is 6.08 Å². The quantitative estimate of drug-likeness (QED) is 0.295. The molecule has 0 saturated heterocycles. The molecule has 0 aromatic heterocycles. The molecule has 13 heavy (non-hydrogen) atoms. The second-order valence-electron chi connectivity index (χ2n) is 2.63. The summed E-state index contributed by atoms with van der Waals surface area (Å²) in [6.45, 7) is 4.13. The van der Waals surface area contributed by atoms with Crippen LogP contribution in [0.1, 0.15) is 13.8 Å². The van der Waals surface area contributed by atoms with Crippen LogP contribution in [0, 0.1) is 0 Å². The predicted octanol–water partition coefficient (Wildman–Crippen LogP) is 1.32. The highest BCUT2D eigenvalue weighted by Crippen LogP contribution is 2.18. The van der Waals surface area contributed by atoms with Gasteiger partial charge in [0.25, 0.3) is 0 Å². The van der Waals surface area contributed by atoms with Crippen molar-refractivity contribution in [2.75, 3.05) is 6.61 Å². The molecule has 0 aromatic rings. The lowest BCUT2D eigenvalue weighted by Gasteiger charge is -2.07. The lowest BCUT2D eigenvalue weighted by Crippen LogP contribution is -2.34. The van der Waals surface area contributed by atoms with E-state index < -0.39 is 4.75 Å². The number of hydrogen-bond acceptors (Lipinski definition) is 2. The average molecular weight is 197 g/mol. The van der Waals surface area contributed by atoms with Crippen LogP contribution in [0.15, 0.2) is 24.3 Å². The Hall–Kier alpha value is -0.960. The number of ether oxygens (including phenoxy) is 1. The van der Waals surface area contributed by atoms with Crippen molar-refractivity contribution < 1.29 is 9.53 Å². The molecule has 1 unspecified atom stereocenters. The number of hydrogen-bond donors (Lipinski definition) is 0. The zero-order valence-corrected chi connectivity index (χ0v) is 8.64. The lowest BCUT2D eigenvalue weighted by molar-refractivity contribution is -0.143. The summed E-state index contributed by atoms with van der Waals surface area (Å²) in [7, 11) is 0. The van der Waals surface area contributed by atoms with Crippen molar-refractivity contribution in [1.82, 2.24) is 0 Å². The standard InChI is InChI=1S/C10H13O2S/c1-3-6-10(7-5-8-13-10)9(11)12-4-2/h3,5-8H,4H2,1-2H3/q+1. The van der Waals surface area contributed by atoms with Crippen molar-refractivity contribution in [3.63, 3.8) is 0 Å². The summed E-state index contributed by atoms with van der Waals surface area (Å²) >= 11 is 1.46. The van der Waals surface area contributed by atoms with E-state index in [1.807, 2.05) is 43.5 Å². The Morgan fingerprint density at radius 2 is 2.46 bits per heavy atom. The number of rotatable bonds is 3. The van der Waals surface area contributed by atoms with E-state index in [1.54, 1.807) is 0 Å². The molecule has 1 heterocycles. The van der Waals surface area contributed by atoms with Gasteiger partial charge in [-0.3, -0.25) is 0 Å². The highest BCUT2D eigenvalue weighted by atomic mass is 32.1. The smallest absolute Gasteiger partial charge is 0.381 e. The van der Waals surface area contributed by atoms with E-state index in [9.17, 15) is 4.79 Å². The average Bonchev–Trinajstić information content (AvgIpc) is 2.55. The van der Waals surface area contributed by atoms with Crippen LogP contribution < -0.4 is 0 Å². The zero-order chi connectivity index (χ0) is 9.73. The van der Waals surface area contributed by atoms with Crippen molar-refractivity contribution in [1.29, 1.82) is 0 Å². The summed E-state index contributed by atoms with van der Waals surface area (Å²) in [4.78, 5) is 11.6. The minimum absolute atomic E-state index is 0.192. The highest BCUT2D eigenvalue weighted by molar-refractivity contribution is 7.80. The van der Waals surface area contributed by atoms with Crippen LogP contribution in [0.4, 0.5) is 0 Å². The second-order valence-corrected chi connectivity index (χ2v) is 3.81. The minimum atomic E-state index is -0.606. The monoisotopic (exact) mass is 197 g/mol. The Morgan fingerprint density at radius 1 is 1.69 bits per heavy atom. The van der Waals surface area contributed by atoms with Crippen LogP contribution in [0.25, 0.3) is 0 Å². The molecule has 1 aliphatic rings. The summed E-state index contributed by atoms with van der Waals surface area (Å²) in [5.74, 6) is -0.192. The molecule has 1 rings (SSSR count). The molecule has 1 aliphatic heterocycles. The van der Waals surface area contributed by atoms with Crippen LogP contribution in [0.5, 0.6) is 0 Å². The van der Waals surface area contributed by atoms with Gasteiger partial charge in [0.1, 0.15) is 0 Å². The second kappa shape index (κ2) is 4.33. The van der Waals surface area contributed by atoms with E-state index in [0.717, 1.165) is 0 Å². The first-order valence-corrected chi connectivity index (χ1v) is 5.13. The van der Waals surface area contributed by atoms with E-state index in [4.69, 9.17) is 4.74 Å². The third-order valence-electron chi connectivity index (χ3n) is 1.69. The fourth-order valence-corrected chi connectivity index (χ4v) is 2.05. The van der Waals surface area contributed by atoms with Gasteiger partial charge >= 0.3 is 10.7 Å². The Bertz CT molecular complexity index is 265. The van der Waals surface area contributed by atoms with Gasteiger partial charge in [-0.25, -0.2) is 4.79 Å². The molecule has 0 bridgehead atoms. The first kappa shape index (κ1) is 10.1. The number of allylic oxidation sites excluding steroid dienone is 2. The summed E-state index contributed by atoms with van der Waals surface area (Å²) in [6, 6.07) is 0. The Labute approximate surface area is 82.2 Å². The summed E-state index contributed by atoms with van der Waals surface area (Å²) in [5, 5.41) is 1.90. The van der Waals surface area contributed by atoms with Gasteiger partial charge < -0.3 is 4.74 Å². The molecule has 0 amide bonds. The van der Waals surface area contributed by atoms with E-state index in [0.29, 0.717) is 6.61 Å². The lowest BCUT2D eigenvalue weighted by atomic mass is 10.1. The van der Waals surface area contributed by atoms with Crippen molar-refractivity contribution in [2.45, 2.75) is 18.6 Å². The SMILES string of the molecule is CC=CC1(C(=O)OCC)C=CC=[S+]1. The van der Waals surface area contributed by atoms with E-state index >= 15 is 0 Å². The largest absolute Gasteiger partial charge is 0.461 e. The highest BCUT2D eigenvalue weighted by Gasteiger charge is 2.46. The molecular weight excluding hydrogens is 184 g/mol. The number of carbonyl (C=O) groups excluding carboxylic acids is 1. The fraction of sp³-hybridized carbons (Fsp3) is 0.400. The molecule has 0 spiro atoms. The van der Waals surface area contributed by atoms with Gasteiger partial charge in [0, 0.05) is 6.08 Å². The van der Waals surface area contributed by atoms with Crippen molar-refractivity contribution in [3.05, 3.63) is 24.3 Å². The molecular formula is C10H13O2S+. The van der Waals surface area contributed by atoms with Crippen LogP contribution in [-0.4, -0.2) is 22.7 Å². The van der Waals surface area contributed by atoms with E-state index in [1.165, 1.54) is 11.4 Å². The predicted molar refractivity (Wildman–Crippen MR) is 56.7 cm³/mol. The van der Waals surface area contributed by atoms with Crippen molar-refractivity contribution >= 4 is 22.7 Å². The molecule has 0 N–H and O–H groups in total. The topological polar surface area (TPSA) is 26.3 Å². The van der Waals surface area contributed by atoms with E-state index in [2.05, 4.69) is 0 Å². The fourth-order valence-electron chi connectivity index (χ4n) is 1.14. The van der Waals surface area contributed by atoms with Gasteiger partial charge in [0.05, 0.1) is 6.61 Å². The van der Waals surface area contributed by atoms with Gasteiger partial charge in [-0.05, 0) is 26.0 Å². The van der Waals surface area contributed by atoms with Crippen LogP contribution in [-0.2, 0) is 20.9 Å². The molecule has 0 aromatic carbocycles. The van der Waals surface area contributed by atoms with Crippen LogP contribution in [0.3, 0.4) is 0 Å². The summed E-state index contributed by atoms with van der Waals surface area (Å²) in [6.07, 6.45) is 7.46. The third kappa shape index (κ3) is 2.04. The third-order valence-corrected chi connectivity index (χ3v) is 2.82. The molecule has 0 fully saturated rings. The maximum absolute atomic E-state index is 11.6. The molecule has 2 nitrogen and oxygen atoms in total. The molecule has 1 atom stereocenters. The summed E-state index contributed by atoms with van der Waals surface area (Å²) in [5.41, 5.74) is 0. The molecule has 0 aliphatic carbocycles. The van der Waals surface area contributed by atoms with Gasteiger partial charge in [0.15, 0.2) is 5.37 Å². The number of carbonyl (C=O) groups is 1. The maximum Gasteiger partial charge on any atom is 0.381 e.